The Balaban J connectivity index is 2.65. The molecule has 0 aromatic heterocycles. The second kappa shape index (κ2) is 7.21. The monoisotopic (exact) mass is 330 g/mol. The summed E-state index contributed by atoms with van der Waals surface area (Å²) >= 11 is 13.2. The number of halogens is 2. The van der Waals surface area contributed by atoms with Crippen LogP contribution >= 0.6 is 35.0 Å². The van der Waals surface area contributed by atoms with Crippen molar-refractivity contribution in [3.63, 3.8) is 0 Å². The van der Waals surface area contributed by atoms with Crippen LogP contribution in [0.5, 0.6) is 0 Å². The van der Waals surface area contributed by atoms with Gasteiger partial charge in [0.25, 0.3) is 0 Å². The lowest BCUT2D eigenvalue weighted by Crippen LogP contribution is -2.49. The predicted octanol–water partition coefficient (Wildman–Crippen LogP) is 4.14. The summed E-state index contributed by atoms with van der Waals surface area (Å²) in [5, 5.41) is 13.0. The van der Waals surface area contributed by atoms with Gasteiger partial charge < -0.3 is 5.32 Å². The Morgan fingerprint density at radius 3 is 2.70 bits per heavy atom. The fraction of sp³-hybridized carbons (Fsp3) is 0.429. The van der Waals surface area contributed by atoms with E-state index in [9.17, 15) is 4.79 Å². The summed E-state index contributed by atoms with van der Waals surface area (Å²) in [6.07, 6.45) is 0. The van der Waals surface area contributed by atoms with E-state index < -0.39 is 5.54 Å². The zero-order chi connectivity index (χ0) is 15.3. The first-order valence-corrected chi connectivity index (χ1v) is 7.82. The molecule has 1 amide bonds. The van der Waals surface area contributed by atoms with Gasteiger partial charge in [-0.05, 0) is 31.0 Å². The Morgan fingerprint density at radius 1 is 1.50 bits per heavy atom. The average molecular weight is 331 g/mol. The van der Waals surface area contributed by atoms with Gasteiger partial charge in [0.1, 0.15) is 5.54 Å². The van der Waals surface area contributed by atoms with Crippen LogP contribution in [0, 0.1) is 17.2 Å². The van der Waals surface area contributed by atoms with Crippen LogP contribution in [-0.2, 0) is 4.79 Å². The molecule has 20 heavy (non-hydrogen) atoms. The molecule has 0 radical (unpaired) electrons. The van der Waals surface area contributed by atoms with Crippen LogP contribution in [-0.4, -0.2) is 17.2 Å². The SMILES string of the molecule is CC(C)C(C)(C#N)NC(=O)CSc1cc(Cl)ccc1Cl. The van der Waals surface area contributed by atoms with E-state index in [2.05, 4.69) is 11.4 Å². The Morgan fingerprint density at radius 2 is 2.15 bits per heavy atom. The first-order valence-electron chi connectivity index (χ1n) is 6.08. The molecule has 3 nitrogen and oxygen atoms in total. The molecule has 0 saturated carbocycles. The van der Waals surface area contributed by atoms with Gasteiger partial charge in [-0.2, -0.15) is 5.26 Å². The number of hydrogen-bond donors (Lipinski definition) is 1. The fourth-order valence-corrected chi connectivity index (χ4v) is 2.65. The number of nitriles is 1. The van der Waals surface area contributed by atoms with E-state index in [-0.39, 0.29) is 17.6 Å². The molecule has 0 aliphatic rings. The highest BCUT2D eigenvalue weighted by molar-refractivity contribution is 8.00. The number of carbonyl (C=O) groups is 1. The standard InChI is InChI=1S/C14H16Cl2N2OS/c1-9(2)14(3,8-17)18-13(19)7-20-12-6-10(15)4-5-11(12)16/h4-6,9H,7H2,1-3H3,(H,18,19). The van der Waals surface area contributed by atoms with Crippen LogP contribution in [0.2, 0.25) is 10.0 Å². The topological polar surface area (TPSA) is 52.9 Å². The summed E-state index contributed by atoms with van der Waals surface area (Å²) in [7, 11) is 0. The molecular formula is C14H16Cl2N2OS. The predicted molar refractivity (Wildman–Crippen MR) is 84.2 cm³/mol. The van der Waals surface area contributed by atoms with Crippen molar-refractivity contribution in [1.82, 2.24) is 5.32 Å². The number of nitrogens with one attached hydrogen (secondary N) is 1. The molecule has 1 rings (SSSR count). The fourth-order valence-electron chi connectivity index (χ4n) is 1.36. The van der Waals surface area contributed by atoms with Gasteiger partial charge in [0, 0.05) is 9.92 Å². The van der Waals surface area contributed by atoms with E-state index in [1.807, 2.05) is 13.8 Å². The minimum absolute atomic E-state index is 0.0243. The third kappa shape index (κ3) is 4.59. The third-order valence-corrected chi connectivity index (χ3v) is 4.77. The highest BCUT2D eigenvalue weighted by atomic mass is 35.5. The van der Waals surface area contributed by atoms with Crippen LogP contribution in [0.1, 0.15) is 20.8 Å². The lowest BCUT2D eigenvalue weighted by atomic mass is 9.90. The maximum Gasteiger partial charge on any atom is 0.231 e. The number of amides is 1. The summed E-state index contributed by atoms with van der Waals surface area (Å²) in [6, 6.07) is 7.24. The van der Waals surface area contributed by atoms with Gasteiger partial charge in [-0.1, -0.05) is 37.0 Å². The molecule has 1 aromatic carbocycles. The Bertz CT molecular complexity index is 542. The maximum absolute atomic E-state index is 11.9. The Kier molecular flexibility index (Phi) is 6.19. The number of thioether (sulfide) groups is 1. The van der Waals surface area contributed by atoms with Gasteiger partial charge in [0.15, 0.2) is 0 Å². The third-order valence-electron chi connectivity index (χ3n) is 3.04. The molecule has 1 atom stereocenters. The zero-order valence-electron chi connectivity index (χ0n) is 11.5. The largest absolute Gasteiger partial charge is 0.337 e. The zero-order valence-corrected chi connectivity index (χ0v) is 13.9. The molecule has 0 aliphatic carbocycles. The minimum atomic E-state index is -0.865. The number of rotatable bonds is 5. The van der Waals surface area contributed by atoms with E-state index in [0.29, 0.717) is 10.0 Å². The normalized spacial score (nSPS) is 13.7. The number of benzene rings is 1. The van der Waals surface area contributed by atoms with Gasteiger partial charge in [-0.15, -0.1) is 11.8 Å². The molecule has 1 aromatic rings. The molecule has 1 N–H and O–H groups in total. The van der Waals surface area contributed by atoms with Crippen LogP contribution in [0.4, 0.5) is 0 Å². The van der Waals surface area contributed by atoms with Gasteiger partial charge in [0.05, 0.1) is 16.8 Å². The van der Waals surface area contributed by atoms with Gasteiger partial charge >= 0.3 is 0 Å². The molecule has 0 saturated heterocycles. The van der Waals surface area contributed by atoms with Gasteiger partial charge in [0.2, 0.25) is 5.91 Å². The first kappa shape index (κ1) is 17.2. The van der Waals surface area contributed by atoms with Gasteiger partial charge in [-0.3, -0.25) is 4.79 Å². The maximum atomic E-state index is 11.9. The smallest absolute Gasteiger partial charge is 0.231 e. The molecule has 108 valence electrons. The summed E-state index contributed by atoms with van der Waals surface area (Å²) in [5.41, 5.74) is -0.865. The van der Waals surface area contributed by atoms with E-state index >= 15 is 0 Å². The lowest BCUT2D eigenvalue weighted by molar-refractivity contribution is -0.120. The van der Waals surface area contributed by atoms with Crippen molar-refractivity contribution in [2.45, 2.75) is 31.2 Å². The van der Waals surface area contributed by atoms with Crippen molar-refractivity contribution in [2.75, 3.05) is 5.75 Å². The molecule has 0 aliphatic heterocycles. The molecule has 0 bridgehead atoms. The number of carbonyl (C=O) groups excluding carboxylic acids is 1. The minimum Gasteiger partial charge on any atom is -0.337 e. The van der Waals surface area contributed by atoms with E-state index in [1.165, 1.54) is 11.8 Å². The van der Waals surface area contributed by atoms with Crippen molar-refractivity contribution >= 4 is 40.9 Å². The summed E-state index contributed by atoms with van der Waals surface area (Å²) < 4.78 is 0. The molecular weight excluding hydrogens is 315 g/mol. The van der Waals surface area contributed by atoms with Crippen LogP contribution in [0.25, 0.3) is 0 Å². The number of nitrogens with zero attached hydrogens (tertiary/aromatic N) is 1. The van der Waals surface area contributed by atoms with Crippen molar-refractivity contribution in [2.24, 2.45) is 5.92 Å². The number of hydrogen-bond acceptors (Lipinski definition) is 3. The van der Waals surface area contributed by atoms with Crippen molar-refractivity contribution < 1.29 is 4.79 Å². The second-order valence-electron chi connectivity index (χ2n) is 4.88. The van der Waals surface area contributed by atoms with E-state index in [4.69, 9.17) is 28.5 Å². The van der Waals surface area contributed by atoms with E-state index in [1.54, 1.807) is 25.1 Å². The molecule has 1 unspecified atom stereocenters. The van der Waals surface area contributed by atoms with E-state index in [0.717, 1.165) is 4.90 Å². The molecule has 0 fully saturated rings. The molecule has 0 spiro atoms. The van der Waals surface area contributed by atoms with Crippen molar-refractivity contribution in [1.29, 1.82) is 5.26 Å². The van der Waals surface area contributed by atoms with Crippen molar-refractivity contribution in [3.05, 3.63) is 28.2 Å². The van der Waals surface area contributed by atoms with Gasteiger partial charge in [-0.25, -0.2) is 0 Å². The lowest BCUT2D eigenvalue weighted by Gasteiger charge is -2.27. The van der Waals surface area contributed by atoms with Crippen LogP contribution in [0.3, 0.4) is 0 Å². The first-order chi connectivity index (χ1) is 9.28. The molecule has 6 heteroatoms. The van der Waals surface area contributed by atoms with Crippen molar-refractivity contribution in [3.8, 4) is 6.07 Å². The summed E-state index contributed by atoms with van der Waals surface area (Å²) in [5.74, 6) is 0.00402. The Labute approximate surface area is 133 Å². The highest BCUT2D eigenvalue weighted by Gasteiger charge is 2.29. The quantitative estimate of drug-likeness (QED) is 0.825. The highest BCUT2D eigenvalue weighted by Crippen LogP contribution is 2.29. The average Bonchev–Trinajstić information content (AvgIpc) is 2.39. The molecule has 0 heterocycles. The summed E-state index contributed by atoms with van der Waals surface area (Å²) in [4.78, 5) is 12.7. The van der Waals surface area contributed by atoms with Crippen LogP contribution in [0.15, 0.2) is 23.1 Å². The summed E-state index contributed by atoms with van der Waals surface area (Å²) in [6.45, 7) is 5.50. The Hall–Kier alpha value is -0.890. The second-order valence-corrected chi connectivity index (χ2v) is 6.74. The van der Waals surface area contributed by atoms with Crippen LogP contribution < -0.4 is 5.32 Å².